The SMILES string of the molecule is CCN(Cc1ccccc1)C(C)C(=O)Nc1cccc(N)c1. The molecule has 0 aliphatic carbocycles. The predicted octanol–water partition coefficient (Wildman–Crippen LogP) is 3.12. The van der Waals surface area contributed by atoms with Gasteiger partial charge in [0.25, 0.3) is 0 Å². The van der Waals surface area contributed by atoms with E-state index < -0.39 is 0 Å². The van der Waals surface area contributed by atoms with Crippen molar-refractivity contribution in [3.63, 3.8) is 0 Å². The molecule has 2 rings (SSSR count). The summed E-state index contributed by atoms with van der Waals surface area (Å²) in [4.78, 5) is 14.6. The Hall–Kier alpha value is -2.33. The number of hydrogen-bond donors (Lipinski definition) is 2. The van der Waals surface area contributed by atoms with Crippen molar-refractivity contribution in [2.75, 3.05) is 17.6 Å². The van der Waals surface area contributed by atoms with Crippen LogP contribution in [0.15, 0.2) is 54.6 Å². The highest BCUT2D eigenvalue weighted by Crippen LogP contribution is 2.14. The molecule has 0 saturated heterocycles. The van der Waals surface area contributed by atoms with Gasteiger partial charge in [-0.1, -0.05) is 43.3 Å². The second kappa shape index (κ2) is 7.61. The highest BCUT2D eigenvalue weighted by molar-refractivity contribution is 5.94. The van der Waals surface area contributed by atoms with Crippen LogP contribution < -0.4 is 11.1 Å². The average Bonchev–Trinajstić information content (AvgIpc) is 2.53. The molecule has 3 N–H and O–H groups in total. The highest BCUT2D eigenvalue weighted by Gasteiger charge is 2.20. The van der Waals surface area contributed by atoms with Gasteiger partial charge in [-0.2, -0.15) is 0 Å². The molecule has 0 radical (unpaired) electrons. The van der Waals surface area contributed by atoms with Crippen LogP contribution in [0.2, 0.25) is 0 Å². The molecule has 1 unspecified atom stereocenters. The lowest BCUT2D eigenvalue weighted by Gasteiger charge is -2.27. The summed E-state index contributed by atoms with van der Waals surface area (Å²) in [6.07, 6.45) is 0. The smallest absolute Gasteiger partial charge is 0.241 e. The topological polar surface area (TPSA) is 58.4 Å². The van der Waals surface area contributed by atoms with E-state index in [1.165, 1.54) is 5.56 Å². The average molecular weight is 297 g/mol. The summed E-state index contributed by atoms with van der Waals surface area (Å²) in [6.45, 7) is 5.55. The van der Waals surface area contributed by atoms with Crippen molar-refractivity contribution in [3.8, 4) is 0 Å². The summed E-state index contributed by atoms with van der Waals surface area (Å²) in [7, 11) is 0. The number of anilines is 2. The van der Waals surface area contributed by atoms with Gasteiger partial charge in [-0.25, -0.2) is 0 Å². The van der Waals surface area contributed by atoms with Crippen LogP contribution in [-0.4, -0.2) is 23.4 Å². The van der Waals surface area contributed by atoms with E-state index in [1.807, 2.05) is 37.3 Å². The zero-order chi connectivity index (χ0) is 15.9. The van der Waals surface area contributed by atoms with Gasteiger partial charge in [0.2, 0.25) is 5.91 Å². The highest BCUT2D eigenvalue weighted by atomic mass is 16.2. The number of nitrogens with zero attached hydrogens (tertiary/aromatic N) is 1. The van der Waals surface area contributed by atoms with E-state index in [-0.39, 0.29) is 11.9 Å². The Labute approximate surface area is 131 Å². The summed E-state index contributed by atoms with van der Waals surface area (Å²) >= 11 is 0. The zero-order valence-electron chi connectivity index (χ0n) is 13.1. The summed E-state index contributed by atoms with van der Waals surface area (Å²) in [6, 6.07) is 17.2. The molecule has 0 aliphatic heterocycles. The standard InChI is InChI=1S/C18H23N3O/c1-3-21(13-15-8-5-4-6-9-15)14(2)18(22)20-17-11-7-10-16(19)12-17/h4-12,14H,3,13,19H2,1-2H3,(H,20,22). The first-order valence-electron chi connectivity index (χ1n) is 7.54. The molecule has 0 aromatic heterocycles. The van der Waals surface area contributed by atoms with Crippen LogP contribution in [0.25, 0.3) is 0 Å². The number of hydrogen-bond acceptors (Lipinski definition) is 3. The van der Waals surface area contributed by atoms with Gasteiger partial charge < -0.3 is 11.1 Å². The molecule has 116 valence electrons. The first-order chi connectivity index (χ1) is 10.6. The van der Waals surface area contributed by atoms with Crippen LogP contribution in [0.1, 0.15) is 19.4 Å². The van der Waals surface area contributed by atoms with Gasteiger partial charge in [-0.15, -0.1) is 0 Å². The minimum atomic E-state index is -0.216. The van der Waals surface area contributed by atoms with Crippen molar-refractivity contribution in [2.24, 2.45) is 0 Å². The normalized spacial score (nSPS) is 12.1. The Balaban J connectivity index is 2.01. The van der Waals surface area contributed by atoms with Gasteiger partial charge in [0.1, 0.15) is 0 Å². The predicted molar refractivity (Wildman–Crippen MR) is 91.5 cm³/mol. The number of likely N-dealkylation sites (N-methyl/N-ethyl adjacent to an activating group) is 1. The van der Waals surface area contributed by atoms with E-state index in [1.54, 1.807) is 12.1 Å². The van der Waals surface area contributed by atoms with E-state index >= 15 is 0 Å². The monoisotopic (exact) mass is 297 g/mol. The van der Waals surface area contributed by atoms with E-state index in [4.69, 9.17) is 5.73 Å². The van der Waals surface area contributed by atoms with Crippen LogP contribution in [0.3, 0.4) is 0 Å². The molecule has 0 heterocycles. The lowest BCUT2D eigenvalue weighted by atomic mass is 10.1. The fraction of sp³-hybridized carbons (Fsp3) is 0.278. The second-order valence-electron chi connectivity index (χ2n) is 5.34. The van der Waals surface area contributed by atoms with Crippen molar-refractivity contribution in [1.29, 1.82) is 0 Å². The molecule has 0 spiro atoms. The molecular weight excluding hydrogens is 274 g/mol. The Bertz CT molecular complexity index is 613. The number of carbonyl (C=O) groups is 1. The molecule has 2 aromatic carbocycles. The van der Waals surface area contributed by atoms with Gasteiger partial charge in [-0.05, 0) is 37.2 Å². The van der Waals surface area contributed by atoms with E-state index in [0.717, 1.165) is 18.8 Å². The number of rotatable bonds is 6. The van der Waals surface area contributed by atoms with Gasteiger partial charge in [0.15, 0.2) is 0 Å². The lowest BCUT2D eigenvalue weighted by Crippen LogP contribution is -2.41. The summed E-state index contributed by atoms with van der Waals surface area (Å²) in [5, 5.41) is 2.92. The number of amides is 1. The summed E-state index contributed by atoms with van der Waals surface area (Å²) in [5.74, 6) is -0.0246. The molecular formula is C18H23N3O. The van der Waals surface area contributed by atoms with E-state index in [9.17, 15) is 4.79 Å². The Morgan fingerprint density at radius 2 is 1.91 bits per heavy atom. The molecule has 4 heteroatoms. The lowest BCUT2D eigenvalue weighted by molar-refractivity contribution is -0.120. The summed E-state index contributed by atoms with van der Waals surface area (Å²) in [5.41, 5.74) is 8.31. The molecule has 0 aliphatic rings. The van der Waals surface area contributed by atoms with Crippen molar-refractivity contribution < 1.29 is 4.79 Å². The fourth-order valence-electron chi connectivity index (χ4n) is 2.37. The first kappa shape index (κ1) is 16.0. The maximum absolute atomic E-state index is 12.4. The van der Waals surface area contributed by atoms with E-state index in [2.05, 4.69) is 29.3 Å². The maximum atomic E-state index is 12.4. The van der Waals surface area contributed by atoms with Crippen LogP contribution in [-0.2, 0) is 11.3 Å². The number of benzene rings is 2. The number of nitrogens with one attached hydrogen (secondary N) is 1. The third-order valence-corrected chi connectivity index (χ3v) is 3.72. The number of nitrogen functional groups attached to an aromatic ring is 1. The minimum absolute atomic E-state index is 0.0246. The van der Waals surface area contributed by atoms with Gasteiger partial charge in [0.05, 0.1) is 6.04 Å². The Morgan fingerprint density at radius 1 is 1.18 bits per heavy atom. The van der Waals surface area contributed by atoms with Crippen molar-refractivity contribution in [1.82, 2.24) is 4.90 Å². The molecule has 0 bridgehead atoms. The van der Waals surface area contributed by atoms with E-state index in [0.29, 0.717) is 5.69 Å². The Kier molecular flexibility index (Phi) is 5.55. The molecule has 2 aromatic rings. The third kappa shape index (κ3) is 4.33. The number of carbonyl (C=O) groups excluding carboxylic acids is 1. The first-order valence-corrected chi connectivity index (χ1v) is 7.54. The van der Waals surface area contributed by atoms with Crippen molar-refractivity contribution in [3.05, 3.63) is 60.2 Å². The third-order valence-electron chi connectivity index (χ3n) is 3.72. The van der Waals surface area contributed by atoms with Crippen LogP contribution in [0.4, 0.5) is 11.4 Å². The van der Waals surface area contributed by atoms with Crippen molar-refractivity contribution >= 4 is 17.3 Å². The largest absolute Gasteiger partial charge is 0.399 e. The van der Waals surface area contributed by atoms with Crippen LogP contribution in [0, 0.1) is 0 Å². The maximum Gasteiger partial charge on any atom is 0.241 e. The second-order valence-corrected chi connectivity index (χ2v) is 5.34. The number of nitrogens with two attached hydrogens (primary N) is 1. The minimum Gasteiger partial charge on any atom is -0.399 e. The quantitative estimate of drug-likeness (QED) is 0.805. The fourth-order valence-corrected chi connectivity index (χ4v) is 2.37. The molecule has 0 saturated carbocycles. The van der Waals surface area contributed by atoms with Gasteiger partial charge >= 0.3 is 0 Å². The summed E-state index contributed by atoms with van der Waals surface area (Å²) < 4.78 is 0. The van der Waals surface area contributed by atoms with Crippen molar-refractivity contribution in [2.45, 2.75) is 26.4 Å². The molecule has 4 nitrogen and oxygen atoms in total. The van der Waals surface area contributed by atoms with Crippen LogP contribution >= 0.6 is 0 Å². The molecule has 1 atom stereocenters. The zero-order valence-corrected chi connectivity index (χ0v) is 13.1. The molecule has 22 heavy (non-hydrogen) atoms. The molecule has 0 fully saturated rings. The van der Waals surface area contributed by atoms with Gasteiger partial charge in [0, 0.05) is 17.9 Å². The van der Waals surface area contributed by atoms with Gasteiger partial charge in [-0.3, -0.25) is 9.69 Å². The van der Waals surface area contributed by atoms with Crippen LogP contribution in [0.5, 0.6) is 0 Å². The molecule has 1 amide bonds. The Morgan fingerprint density at radius 3 is 2.55 bits per heavy atom.